The summed E-state index contributed by atoms with van der Waals surface area (Å²) in [6, 6.07) is 6.15. The Balaban J connectivity index is 1.86. The molecule has 0 radical (unpaired) electrons. The molecule has 0 bridgehead atoms. The molecule has 0 spiro atoms. The Hall–Kier alpha value is -1.33. The van der Waals surface area contributed by atoms with Crippen molar-refractivity contribution in [2.45, 2.75) is 24.5 Å². The second kappa shape index (κ2) is 7.31. The van der Waals surface area contributed by atoms with Crippen LogP contribution in [0.2, 0.25) is 0 Å². The van der Waals surface area contributed by atoms with Gasteiger partial charge in [0.25, 0.3) is 5.22 Å². The van der Waals surface area contributed by atoms with Crippen molar-refractivity contribution in [3.05, 3.63) is 36.3 Å². The molecule has 0 saturated heterocycles. The number of hydrogen-bond acceptors (Lipinski definition) is 4. The van der Waals surface area contributed by atoms with Crippen LogP contribution in [0.1, 0.15) is 19.3 Å². The largest absolute Gasteiger partial charge is 0.431 e. The summed E-state index contributed by atoms with van der Waals surface area (Å²) in [5.74, 6) is 1.31. The molecule has 5 heteroatoms. The topological polar surface area (TPSA) is 46.3 Å². The third-order valence-electron chi connectivity index (χ3n) is 2.64. The van der Waals surface area contributed by atoms with Crippen LogP contribution in [0.15, 0.2) is 40.1 Å². The normalized spacial score (nSPS) is 10.8. The van der Waals surface area contributed by atoms with E-state index in [4.69, 9.17) is 9.52 Å². The molecule has 1 heterocycles. The first-order valence-electron chi connectivity index (χ1n) is 6.25. The number of hydrogen-bond donors (Lipinski definition) is 1. The Bertz CT molecular complexity index is 498. The van der Waals surface area contributed by atoms with Crippen molar-refractivity contribution in [2.75, 3.05) is 12.4 Å². The van der Waals surface area contributed by atoms with Gasteiger partial charge in [-0.25, -0.2) is 9.37 Å². The predicted octanol–water partition coefficient (Wildman–Crippen LogP) is 3.74. The molecule has 0 atom stereocenters. The van der Waals surface area contributed by atoms with Gasteiger partial charge in [0.1, 0.15) is 5.82 Å². The minimum Gasteiger partial charge on any atom is -0.431 e. The highest BCUT2D eigenvalue weighted by molar-refractivity contribution is 7.99. The third-order valence-corrected chi connectivity index (χ3v) is 3.57. The fourth-order valence-corrected chi connectivity index (χ4v) is 2.42. The lowest BCUT2D eigenvalue weighted by molar-refractivity contribution is 0.284. The molecule has 19 heavy (non-hydrogen) atoms. The van der Waals surface area contributed by atoms with E-state index in [9.17, 15) is 4.39 Å². The van der Waals surface area contributed by atoms with E-state index in [0.29, 0.717) is 11.0 Å². The van der Waals surface area contributed by atoms with Crippen LogP contribution < -0.4 is 0 Å². The van der Waals surface area contributed by atoms with Gasteiger partial charge in [-0.15, -0.1) is 0 Å². The zero-order chi connectivity index (χ0) is 13.5. The maximum atomic E-state index is 12.8. The Labute approximate surface area is 115 Å². The average molecular weight is 281 g/mol. The predicted molar refractivity (Wildman–Crippen MR) is 73.6 cm³/mol. The van der Waals surface area contributed by atoms with Gasteiger partial charge < -0.3 is 9.52 Å². The monoisotopic (exact) mass is 281 g/mol. The van der Waals surface area contributed by atoms with E-state index in [1.54, 1.807) is 30.1 Å². The van der Waals surface area contributed by atoms with E-state index in [1.165, 1.54) is 12.1 Å². The second-order valence-electron chi connectivity index (χ2n) is 4.13. The van der Waals surface area contributed by atoms with Crippen molar-refractivity contribution >= 4 is 11.8 Å². The van der Waals surface area contributed by atoms with Gasteiger partial charge in [-0.05, 0) is 37.1 Å². The third kappa shape index (κ3) is 4.36. The zero-order valence-electron chi connectivity index (χ0n) is 10.5. The lowest BCUT2D eigenvalue weighted by Gasteiger charge is -1.97. The number of rotatable bonds is 7. The molecule has 0 aliphatic carbocycles. The number of thioether (sulfide) groups is 1. The molecule has 2 rings (SSSR count). The fraction of sp³-hybridized carbons (Fsp3) is 0.357. The first-order valence-corrected chi connectivity index (χ1v) is 7.23. The first kappa shape index (κ1) is 14.1. The number of nitrogens with zero attached hydrogens (tertiary/aromatic N) is 1. The standard InChI is InChI=1S/C14H16FNO2S/c15-12-6-4-11(5-7-12)13-10-16-14(18-13)19-9-3-1-2-8-17/h4-7,10,17H,1-3,8-9H2. The minimum atomic E-state index is -0.262. The summed E-state index contributed by atoms with van der Waals surface area (Å²) in [5.41, 5.74) is 0.820. The summed E-state index contributed by atoms with van der Waals surface area (Å²) in [5, 5.41) is 9.30. The first-order chi connectivity index (χ1) is 9.29. The molecule has 0 saturated carbocycles. The van der Waals surface area contributed by atoms with Crippen molar-refractivity contribution in [3.63, 3.8) is 0 Å². The molecule has 0 amide bonds. The van der Waals surface area contributed by atoms with Gasteiger partial charge in [-0.2, -0.15) is 0 Å². The number of aliphatic hydroxyl groups excluding tert-OH is 1. The van der Waals surface area contributed by atoms with E-state index in [1.807, 2.05) is 0 Å². The lowest BCUT2D eigenvalue weighted by atomic mass is 10.2. The summed E-state index contributed by atoms with van der Waals surface area (Å²) < 4.78 is 18.4. The van der Waals surface area contributed by atoms with Crippen molar-refractivity contribution in [2.24, 2.45) is 0 Å². The van der Waals surface area contributed by atoms with Gasteiger partial charge in [-0.1, -0.05) is 18.2 Å². The van der Waals surface area contributed by atoms with E-state index in [-0.39, 0.29) is 12.4 Å². The van der Waals surface area contributed by atoms with Crippen LogP contribution >= 0.6 is 11.8 Å². The summed E-state index contributed by atoms with van der Waals surface area (Å²) in [6.07, 6.45) is 4.53. The number of aliphatic hydroxyl groups is 1. The van der Waals surface area contributed by atoms with Crippen molar-refractivity contribution in [1.82, 2.24) is 4.98 Å². The number of oxazole rings is 1. The number of aromatic nitrogens is 1. The van der Waals surface area contributed by atoms with Crippen LogP contribution in [0, 0.1) is 5.82 Å². The van der Waals surface area contributed by atoms with Gasteiger partial charge >= 0.3 is 0 Å². The molecular weight excluding hydrogens is 265 g/mol. The van der Waals surface area contributed by atoms with Gasteiger partial charge in [0.05, 0.1) is 6.20 Å². The van der Waals surface area contributed by atoms with Crippen LogP contribution in [0.25, 0.3) is 11.3 Å². The van der Waals surface area contributed by atoms with Gasteiger partial charge in [0.15, 0.2) is 5.76 Å². The summed E-state index contributed by atoms with van der Waals surface area (Å²) in [6.45, 7) is 0.248. The minimum absolute atomic E-state index is 0.248. The molecule has 2 aromatic rings. The average Bonchev–Trinajstić information content (AvgIpc) is 2.88. The van der Waals surface area contributed by atoms with E-state index >= 15 is 0 Å². The van der Waals surface area contributed by atoms with Crippen LogP contribution in [0.3, 0.4) is 0 Å². The zero-order valence-corrected chi connectivity index (χ0v) is 11.3. The summed E-state index contributed by atoms with van der Waals surface area (Å²) >= 11 is 1.56. The summed E-state index contributed by atoms with van der Waals surface area (Å²) in [4.78, 5) is 4.19. The molecule has 102 valence electrons. The van der Waals surface area contributed by atoms with E-state index in [0.717, 1.165) is 30.6 Å². The van der Waals surface area contributed by atoms with Gasteiger partial charge in [0, 0.05) is 17.9 Å². The fourth-order valence-electron chi connectivity index (χ4n) is 1.62. The molecule has 3 nitrogen and oxygen atoms in total. The van der Waals surface area contributed by atoms with Crippen LogP contribution in [0.4, 0.5) is 4.39 Å². The van der Waals surface area contributed by atoms with Crippen molar-refractivity contribution in [3.8, 4) is 11.3 Å². The molecule has 1 N–H and O–H groups in total. The van der Waals surface area contributed by atoms with Crippen LogP contribution in [-0.2, 0) is 0 Å². The SMILES string of the molecule is OCCCCCSc1ncc(-c2ccc(F)cc2)o1. The maximum absolute atomic E-state index is 12.8. The Morgan fingerprint density at radius 1 is 1.16 bits per heavy atom. The van der Waals surface area contributed by atoms with Crippen molar-refractivity contribution in [1.29, 1.82) is 0 Å². The van der Waals surface area contributed by atoms with E-state index < -0.39 is 0 Å². The Morgan fingerprint density at radius 3 is 2.68 bits per heavy atom. The molecule has 1 aromatic carbocycles. The quantitative estimate of drug-likeness (QED) is 0.620. The number of unbranched alkanes of at least 4 members (excludes halogenated alkanes) is 2. The van der Waals surface area contributed by atoms with Gasteiger partial charge in [-0.3, -0.25) is 0 Å². The molecule has 0 fully saturated rings. The molecule has 0 unspecified atom stereocenters. The second-order valence-corrected chi connectivity index (χ2v) is 5.18. The van der Waals surface area contributed by atoms with Crippen LogP contribution in [-0.4, -0.2) is 22.5 Å². The highest BCUT2D eigenvalue weighted by Crippen LogP contribution is 2.26. The van der Waals surface area contributed by atoms with Crippen LogP contribution in [0.5, 0.6) is 0 Å². The highest BCUT2D eigenvalue weighted by atomic mass is 32.2. The van der Waals surface area contributed by atoms with E-state index in [2.05, 4.69) is 4.98 Å². The Morgan fingerprint density at radius 2 is 1.95 bits per heavy atom. The number of halogens is 1. The molecule has 0 aliphatic rings. The number of benzene rings is 1. The smallest absolute Gasteiger partial charge is 0.256 e. The van der Waals surface area contributed by atoms with Crippen molar-refractivity contribution < 1.29 is 13.9 Å². The molecule has 1 aromatic heterocycles. The maximum Gasteiger partial charge on any atom is 0.256 e. The lowest BCUT2D eigenvalue weighted by Crippen LogP contribution is -1.85. The summed E-state index contributed by atoms with van der Waals surface area (Å²) in [7, 11) is 0. The molecule has 0 aliphatic heterocycles. The highest BCUT2D eigenvalue weighted by Gasteiger charge is 2.06. The molecular formula is C14H16FNO2S. The van der Waals surface area contributed by atoms with Gasteiger partial charge in [0.2, 0.25) is 0 Å². The Kier molecular flexibility index (Phi) is 5.42.